The number of benzene rings is 1. The molecule has 1 saturated carbocycles. The summed E-state index contributed by atoms with van der Waals surface area (Å²) < 4.78 is 6.77. The molecule has 1 aromatic heterocycles. The van der Waals surface area contributed by atoms with Crippen LogP contribution in [0.25, 0.3) is 10.2 Å². The van der Waals surface area contributed by atoms with E-state index in [2.05, 4.69) is 23.2 Å². The van der Waals surface area contributed by atoms with Crippen molar-refractivity contribution in [3.63, 3.8) is 0 Å². The van der Waals surface area contributed by atoms with E-state index in [1.54, 1.807) is 18.4 Å². The molecule has 72 valence electrons. The molecule has 0 amide bonds. The van der Waals surface area contributed by atoms with Gasteiger partial charge in [0.1, 0.15) is 10.6 Å². The Kier molecular flexibility index (Phi) is 1.66. The van der Waals surface area contributed by atoms with Gasteiger partial charge in [0, 0.05) is 7.11 Å². The van der Waals surface area contributed by atoms with Gasteiger partial charge in [0.15, 0.2) is 0 Å². The molecule has 2 aromatic rings. The predicted molar refractivity (Wildman–Crippen MR) is 57.5 cm³/mol. The van der Waals surface area contributed by atoms with Crippen molar-refractivity contribution in [1.29, 1.82) is 0 Å². The average molecular weight is 205 g/mol. The third kappa shape index (κ3) is 1.09. The number of nitrogens with zero attached hydrogens (tertiary/aromatic N) is 1. The Hall–Kier alpha value is -0.930. The number of aromatic nitrogens is 1. The van der Waals surface area contributed by atoms with Crippen LogP contribution >= 0.6 is 11.3 Å². The van der Waals surface area contributed by atoms with Crippen molar-refractivity contribution in [2.45, 2.75) is 18.4 Å². The van der Waals surface area contributed by atoms with E-state index in [1.165, 1.54) is 4.70 Å². The molecule has 0 spiro atoms. The summed E-state index contributed by atoms with van der Waals surface area (Å²) >= 11 is 1.76. The fourth-order valence-electron chi connectivity index (χ4n) is 1.69. The minimum atomic E-state index is -0.0380. The summed E-state index contributed by atoms with van der Waals surface area (Å²) in [5, 5.41) is 1.14. The zero-order chi connectivity index (χ0) is 9.60. The molecule has 2 nitrogen and oxygen atoms in total. The highest BCUT2D eigenvalue weighted by Gasteiger charge is 2.47. The monoisotopic (exact) mass is 205 g/mol. The predicted octanol–water partition coefficient (Wildman–Crippen LogP) is 2.93. The lowest BCUT2D eigenvalue weighted by molar-refractivity contribution is 0.0788. The Morgan fingerprint density at radius 1 is 1.36 bits per heavy atom. The standard InChI is InChI=1S/C11H11NOS/c1-13-11(6-7-11)10-12-8-4-2-3-5-9(8)14-10/h2-5H,6-7H2,1H3. The van der Waals surface area contributed by atoms with E-state index in [9.17, 15) is 0 Å². The van der Waals surface area contributed by atoms with E-state index in [0.29, 0.717) is 0 Å². The number of fused-ring (bicyclic) bond motifs is 1. The maximum atomic E-state index is 5.51. The summed E-state index contributed by atoms with van der Waals surface area (Å²) in [5.74, 6) is 0. The quantitative estimate of drug-likeness (QED) is 0.752. The van der Waals surface area contributed by atoms with E-state index in [1.807, 2.05) is 6.07 Å². The van der Waals surface area contributed by atoms with Gasteiger partial charge in [-0.15, -0.1) is 11.3 Å². The summed E-state index contributed by atoms with van der Waals surface area (Å²) in [5.41, 5.74) is 1.06. The van der Waals surface area contributed by atoms with Crippen molar-refractivity contribution in [1.82, 2.24) is 4.98 Å². The van der Waals surface area contributed by atoms with Crippen molar-refractivity contribution in [2.75, 3.05) is 7.11 Å². The van der Waals surface area contributed by atoms with Crippen LogP contribution in [0.1, 0.15) is 17.8 Å². The molecule has 1 aliphatic rings. The highest BCUT2D eigenvalue weighted by atomic mass is 32.1. The molecule has 0 saturated heterocycles. The van der Waals surface area contributed by atoms with Crippen molar-refractivity contribution in [2.24, 2.45) is 0 Å². The maximum Gasteiger partial charge on any atom is 0.126 e. The number of hydrogen-bond acceptors (Lipinski definition) is 3. The molecule has 1 aliphatic carbocycles. The van der Waals surface area contributed by atoms with E-state index < -0.39 is 0 Å². The molecule has 14 heavy (non-hydrogen) atoms. The molecule has 0 N–H and O–H groups in total. The van der Waals surface area contributed by atoms with Crippen LogP contribution in [0.5, 0.6) is 0 Å². The zero-order valence-electron chi connectivity index (χ0n) is 7.99. The first-order chi connectivity index (χ1) is 6.84. The number of rotatable bonds is 2. The molecule has 3 rings (SSSR count). The van der Waals surface area contributed by atoms with Gasteiger partial charge in [0.25, 0.3) is 0 Å². The normalized spacial score (nSPS) is 18.6. The van der Waals surface area contributed by atoms with Crippen LogP contribution in [0.15, 0.2) is 24.3 Å². The number of para-hydroxylation sites is 1. The van der Waals surface area contributed by atoms with Gasteiger partial charge in [-0.05, 0) is 25.0 Å². The molecule has 0 atom stereocenters. The molecule has 1 fully saturated rings. The first-order valence-electron chi connectivity index (χ1n) is 4.75. The molecule has 3 heteroatoms. The van der Waals surface area contributed by atoms with Gasteiger partial charge in [-0.1, -0.05) is 12.1 Å². The minimum absolute atomic E-state index is 0.0380. The maximum absolute atomic E-state index is 5.51. The minimum Gasteiger partial charge on any atom is -0.371 e. The highest BCUT2D eigenvalue weighted by Crippen LogP contribution is 2.50. The van der Waals surface area contributed by atoms with Crippen LogP contribution in [0.2, 0.25) is 0 Å². The Morgan fingerprint density at radius 3 is 2.79 bits per heavy atom. The lowest BCUT2D eigenvalue weighted by Crippen LogP contribution is -2.07. The van der Waals surface area contributed by atoms with Gasteiger partial charge in [-0.25, -0.2) is 4.98 Å². The first kappa shape index (κ1) is 8.38. The SMILES string of the molecule is COC1(c2nc3ccccc3s2)CC1. The fourth-order valence-corrected chi connectivity index (χ4v) is 2.88. The lowest BCUT2D eigenvalue weighted by Gasteiger charge is -2.07. The van der Waals surface area contributed by atoms with Gasteiger partial charge in [-0.3, -0.25) is 0 Å². The van der Waals surface area contributed by atoms with Gasteiger partial charge < -0.3 is 4.74 Å². The smallest absolute Gasteiger partial charge is 0.126 e. The third-order valence-electron chi connectivity index (χ3n) is 2.78. The topological polar surface area (TPSA) is 22.1 Å². The Balaban J connectivity index is 2.15. The van der Waals surface area contributed by atoms with Crippen LogP contribution in [-0.2, 0) is 10.3 Å². The molecular formula is C11H11NOS. The number of hydrogen-bond donors (Lipinski definition) is 0. The Morgan fingerprint density at radius 2 is 2.14 bits per heavy atom. The second kappa shape index (κ2) is 2.78. The van der Waals surface area contributed by atoms with E-state index >= 15 is 0 Å². The van der Waals surface area contributed by atoms with E-state index in [4.69, 9.17) is 4.74 Å². The van der Waals surface area contributed by atoms with Crippen LogP contribution in [0.3, 0.4) is 0 Å². The molecular weight excluding hydrogens is 194 g/mol. The Bertz CT molecular complexity index is 440. The van der Waals surface area contributed by atoms with Crippen molar-refractivity contribution >= 4 is 21.6 Å². The highest BCUT2D eigenvalue weighted by molar-refractivity contribution is 7.18. The lowest BCUT2D eigenvalue weighted by atomic mass is 10.3. The average Bonchev–Trinajstić information content (AvgIpc) is 2.91. The van der Waals surface area contributed by atoms with Crippen LogP contribution < -0.4 is 0 Å². The molecule has 0 bridgehead atoms. The zero-order valence-corrected chi connectivity index (χ0v) is 8.80. The second-order valence-electron chi connectivity index (χ2n) is 3.69. The summed E-state index contributed by atoms with van der Waals surface area (Å²) in [6.07, 6.45) is 2.23. The summed E-state index contributed by atoms with van der Waals surface area (Å²) in [6.45, 7) is 0. The summed E-state index contributed by atoms with van der Waals surface area (Å²) in [6, 6.07) is 8.25. The van der Waals surface area contributed by atoms with Crippen molar-refractivity contribution < 1.29 is 4.74 Å². The molecule has 0 aliphatic heterocycles. The molecule has 0 unspecified atom stereocenters. The third-order valence-corrected chi connectivity index (χ3v) is 4.00. The molecule has 1 heterocycles. The number of ether oxygens (including phenoxy) is 1. The van der Waals surface area contributed by atoms with Gasteiger partial charge in [0.05, 0.1) is 10.2 Å². The van der Waals surface area contributed by atoms with Gasteiger partial charge >= 0.3 is 0 Å². The van der Waals surface area contributed by atoms with E-state index in [-0.39, 0.29) is 5.60 Å². The van der Waals surface area contributed by atoms with Crippen LogP contribution in [-0.4, -0.2) is 12.1 Å². The largest absolute Gasteiger partial charge is 0.371 e. The summed E-state index contributed by atoms with van der Waals surface area (Å²) in [7, 11) is 1.78. The van der Waals surface area contributed by atoms with Gasteiger partial charge in [0.2, 0.25) is 0 Å². The second-order valence-corrected chi connectivity index (χ2v) is 4.72. The first-order valence-corrected chi connectivity index (χ1v) is 5.57. The van der Waals surface area contributed by atoms with Crippen LogP contribution in [0, 0.1) is 0 Å². The molecule has 1 aromatic carbocycles. The summed E-state index contributed by atoms with van der Waals surface area (Å²) in [4.78, 5) is 4.61. The van der Waals surface area contributed by atoms with E-state index in [0.717, 1.165) is 23.4 Å². The molecule has 0 radical (unpaired) electrons. The number of methoxy groups -OCH3 is 1. The fraction of sp³-hybridized carbons (Fsp3) is 0.364. The Labute approximate surface area is 86.5 Å². The van der Waals surface area contributed by atoms with Gasteiger partial charge in [-0.2, -0.15) is 0 Å². The van der Waals surface area contributed by atoms with Crippen molar-refractivity contribution in [3.8, 4) is 0 Å². The van der Waals surface area contributed by atoms with Crippen molar-refractivity contribution in [3.05, 3.63) is 29.3 Å². The van der Waals surface area contributed by atoms with Crippen LogP contribution in [0.4, 0.5) is 0 Å². The number of thiazole rings is 1.